The van der Waals surface area contributed by atoms with Gasteiger partial charge in [-0.1, -0.05) is 382 Å². The Morgan fingerprint density at radius 2 is 0.443 bits per heavy atom. The second-order valence-corrected chi connectivity index (χ2v) is 28.4. The summed E-state index contributed by atoms with van der Waals surface area (Å²) in [5, 5.41) is 0. The minimum absolute atomic E-state index is 0.0152. The van der Waals surface area contributed by atoms with E-state index >= 15 is 4.79 Å². The van der Waals surface area contributed by atoms with Crippen LogP contribution in [0.5, 0.6) is 0 Å². The van der Waals surface area contributed by atoms with Crippen molar-refractivity contribution in [3.63, 3.8) is 0 Å². The second kappa shape index (κ2) is 36.1. The van der Waals surface area contributed by atoms with Crippen LogP contribution < -0.4 is 0 Å². The molecule has 0 amide bonds. The minimum atomic E-state index is 0.0152. The zero-order valence-corrected chi connectivity index (χ0v) is 56.6. The first kappa shape index (κ1) is 67.4. The van der Waals surface area contributed by atoms with Gasteiger partial charge in [-0.2, -0.15) is 0 Å². The Balaban J connectivity index is 0.934. The monoisotopic (exact) mass is 1180 g/mol. The number of rotatable bonds is 46. The molecule has 9 rings (SSSR count). The Hall–Kier alpha value is -5.01. The third-order valence-corrected chi connectivity index (χ3v) is 21.8. The molecule has 3 aliphatic carbocycles. The fraction of sp³-hybridized carbons (Fsp3) is 0.575. The lowest BCUT2D eigenvalue weighted by molar-refractivity contribution is 0.104. The number of carbonyl (C=O) groups is 1. The summed E-state index contributed by atoms with van der Waals surface area (Å²) in [6.45, 7) is 9.28. The Morgan fingerprint density at radius 3 is 0.727 bits per heavy atom. The molecule has 0 aliphatic heterocycles. The maximum atomic E-state index is 15.0. The van der Waals surface area contributed by atoms with E-state index in [1.807, 2.05) is 0 Å². The number of benzene rings is 6. The maximum Gasteiger partial charge on any atom is 0.194 e. The molecule has 1 nitrogen and oxygen atoms in total. The summed E-state index contributed by atoms with van der Waals surface area (Å²) >= 11 is 0. The van der Waals surface area contributed by atoms with Crippen molar-refractivity contribution in [1.82, 2.24) is 0 Å². The van der Waals surface area contributed by atoms with Crippen molar-refractivity contribution >= 4 is 5.78 Å². The normalized spacial score (nSPS) is 13.8. The fourth-order valence-corrected chi connectivity index (χ4v) is 16.7. The van der Waals surface area contributed by atoms with Gasteiger partial charge in [-0.3, -0.25) is 4.79 Å². The highest BCUT2D eigenvalue weighted by molar-refractivity contribution is 6.22. The van der Waals surface area contributed by atoms with Gasteiger partial charge in [0.25, 0.3) is 0 Å². The van der Waals surface area contributed by atoms with Crippen molar-refractivity contribution in [2.24, 2.45) is 0 Å². The second-order valence-electron chi connectivity index (χ2n) is 28.4. The zero-order valence-electron chi connectivity index (χ0n) is 56.6. The molecule has 0 saturated carbocycles. The van der Waals surface area contributed by atoms with Crippen LogP contribution >= 0.6 is 0 Å². The maximum absolute atomic E-state index is 15.0. The van der Waals surface area contributed by atoms with E-state index in [1.165, 1.54) is 327 Å². The van der Waals surface area contributed by atoms with Crippen LogP contribution in [0.3, 0.4) is 0 Å². The van der Waals surface area contributed by atoms with Crippen molar-refractivity contribution in [1.29, 1.82) is 0 Å². The van der Waals surface area contributed by atoms with Gasteiger partial charge in [0.05, 0.1) is 0 Å². The first-order valence-corrected chi connectivity index (χ1v) is 37.8. The molecule has 0 spiro atoms. The SMILES string of the molecule is CCCCCCCCCCCCC1(CCCCCCCCCCCC)c2ccccc2-c2ccc(-c3ccc4c(c3)C(=O)c3cc(-c5ccc6c(c5)C(CCCCCCCCCCCC)(CCCCCCCCCCCC)c5ccccc5-6)ccc3-4)cc21. The summed E-state index contributed by atoms with van der Waals surface area (Å²) in [7, 11) is 0. The lowest BCUT2D eigenvalue weighted by Crippen LogP contribution is -2.25. The molecule has 0 aromatic heterocycles. The van der Waals surface area contributed by atoms with E-state index in [0.29, 0.717) is 0 Å². The summed E-state index contributed by atoms with van der Waals surface area (Å²) in [6, 6.07) is 47.3. The lowest BCUT2D eigenvalue weighted by atomic mass is 9.70. The molecule has 0 atom stereocenters. The van der Waals surface area contributed by atoms with E-state index in [1.54, 1.807) is 11.1 Å². The molecule has 6 aromatic rings. The van der Waals surface area contributed by atoms with E-state index in [0.717, 1.165) is 33.4 Å². The number of ketones is 1. The third kappa shape index (κ3) is 17.3. The summed E-state index contributed by atoms with van der Waals surface area (Å²) < 4.78 is 0. The van der Waals surface area contributed by atoms with E-state index in [2.05, 4.69) is 149 Å². The molecular weight excluding hydrogens is 1060 g/mol. The summed E-state index contributed by atoms with van der Waals surface area (Å²) in [5.74, 6) is 0.170. The van der Waals surface area contributed by atoms with Crippen LogP contribution in [0.15, 0.2) is 121 Å². The topological polar surface area (TPSA) is 17.1 Å². The molecule has 0 unspecified atom stereocenters. The molecule has 0 fully saturated rings. The van der Waals surface area contributed by atoms with Crippen molar-refractivity contribution in [2.75, 3.05) is 0 Å². The number of fused-ring (bicyclic) bond motifs is 9. The van der Waals surface area contributed by atoms with Crippen LogP contribution in [-0.2, 0) is 10.8 Å². The van der Waals surface area contributed by atoms with Crippen LogP contribution in [0.1, 0.15) is 348 Å². The molecule has 1 heteroatoms. The molecule has 0 N–H and O–H groups in total. The molecule has 474 valence electrons. The third-order valence-electron chi connectivity index (χ3n) is 21.8. The van der Waals surface area contributed by atoms with Gasteiger partial charge in [0, 0.05) is 22.0 Å². The molecule has 0 bridgehead atoms. The van der Waals surface area contributed by atoms with Gasteiger partial charge in [-0.05, 0) is 128 Å². The Labute approximate surface area is 538 Å². The van der Waals surface area contributed by atoms with Crippen LogP contribution in [0.25, 0.3) is 55.6 Å². The molecule has 0 radical (unpaired) electrons. The van der Waals surface area contributed by atoms with Crippen LogP contribution in [0, 0.1) is 0 Å². The molecule has 6 aromatic carbocycles. The van der Waals surface area contributed by atoms with Gasteiger partial charge in [0.2, 0.25) is 0 Å². The predicted molar refractivity (Wildman–Crippen MR) is 384 cm³/mol. The summed E-state index contributed by atoms with van der Waals surface area (Å²) in [4.78, 5) is 15.0. The molecular formula is C87H120O. The number of hydrogen-bond acceptors (Lipinski definition) is 1. The first-order chi connectivity index (χ1) is 43.5. The molecule has 3 aliphatic rings. The van der Waals surface area contributed by atoms with Gasteiger partial charge in [-0.15, -0.1) is 0 Å². The average molecular weight is 1180 g/mol. The molecule has 0 heterocycles. The van der Waals surface area contributed by atoms with E-state index in [-0.39, 0.29) is 16.6 Å². The first-order valence-electron chi connectivity index (χ1n) is 37.8. The average Bonchev–Trinajstić information content (AvgIpc) is 1.67. The zero-order chi connectivity index (χ0) is 61.1. The van der Waals surface area contributed by atoms with Crippen LogP contribution in [0.4, 0.5) is 0 Å². The van der Waals surface area contributed by atoms with Gasteiger partial charge in [0.1, 0.15) is 0 Å². The van der Waals surface area contributed by atoms with E-state index in [9.17, 15) is 0 Å². The summed E-state index contributed by atoms with van der Waals surface area (Å²) in [6.07, 6.45) is 59.4. The van der Waals surface area contributed by atoms with E-state index in [4.69, 9.17) is 0 Å². The largest absolute Gasteiger partial charge is 0.289 e. The number of carbonyl (C=O) groups excluding carboxylic acids is 1. The highest BCUT2D eigenvalue weighted by Gasteiger charge is 2.44. The fourth-order valence-electron chi connectivity index (χ4n) is 16.7. The quantitative estimate of drug-likeness (QED) is 0.0348. The van der Waals surface area contributed by atoms with Crippen LogP contribution in [-0.4, -0.2) is 5.78 Å². The number of hydrogen-bond donors (Lipinski definition) is 0. The van der Waals surface area contributed by atoms with Gasteiger partial charge in [-0.25, -0.2) is 0 Å². The van der Waals surface area contributed by atoms with Gasteiger partial charge >= 0.3 is 0 Å². The van der Waals surface area contributed by atoms with Gasteiger partial charge < -0.3 is 0 Å². The van der Waals surface area contributed by atoms with Crippen LogP contribution in [0.2, 0.25) is 0 Å². The van der Waals surface area contributed by atoms with E-state index < -0.39 is 0 Å². The van der Waals surface area contributed by atoms with Crippen molar-refractivity contribution < 1.29 is 4.79 Å². The van der Waals surface area contributed by atoms with Crippen molar-refractivity contribution in [2.45, 2.75) is 321 Å². The minimum Gasteiger partial charge on any atom is -0.289 e. The summed E-state index contributed by atoms with van der Waals surface area (Å²) in [5.41, 5.74) is 20.6. The Morgan fingerprint density at radius 1 is 0.216 bits per heavy atom. The highest BCUT2D eigenvalue weighted by atomic mass is 16.1. The predicted octanol–water partition coefficient (Wildman–Crippen LogP) is 28.0. The van der Waals surface area contributed by atoms with Gasteiger partial charge in [0.15, 0.2) is 5.78 Å². The molecule has 88 heavy (non-hydrogen) atoms. The van der Waals surface area contributed by atoms with Crippen molar-refractivity contribution in [3.8, 4) is 55.6 Å². The van der Waals surface area contributed by atoms with Crippen molar-refractivity contribution in [3.05, 3.63) is 155 Å². The lowest BCUT2D eigenvalue weighted by Gasteiger charge is -2.33. The smallest absolute Gasteiger partial charge is 0.194 e. The Kier molecular flexibility index (Phi) is 27.7. The number of unbranched alkanes of at least 4 members (excludes halogenated alkanes) is 36. The Bertz CT molecular complexity index is 2790. The standard InChI is InChI=1S/C87H120O/c1-5-9-13-17-21-25-29-33-37-45-61-86(62-46-38-34-30-26-22-18-14-10-6-2)81-51-43-41-49-75(81)77-59-55-71(67-83(77)86)69-53-57-73-74-58-54-70(66-80(74)85(88)79(73)65-69)72-56-60-78-76-50-42-44-52-82(76)87(84(78)68-72,63-47-39-35-31-27-23-19-15-11-7-3)64-48-40-36-32-28-24-20-16-12-8-4/h41-44,49-60,65-68H,5-40,45-48,61-64H2,1-4H3. The highest BCUT2D eigenvalue weighted by Crippen LogP contribution is 2.57. The molecule has 0 saturated heterocycles.